The van der Waals surface area contributed by atoms with Crippen LogP contribution in [0, 0.1) is 17.5 Å². The van der Waals surface area contributed by atoms with E-state index in [1.54, 1.807) is 0 Å². The van der Waals surface area contributed by atoms with Gasteiger partial charge in [-0.3, -0.25) is 0 Å². The van der Waals surface area contributed by atoms with Gasteiger partial charge in [0.2, 0.25) is 5.89 Å². The van der Waals surface area contributed by atoms with E-state index in [0.717, 1.165) is 0 Å². The molecule has 2 N–H and O–H groups in total. The van der Waals surface area contributed by atoms with Crippen LogP contribution in [0.25, 0.3) is 0 Å². The fourth-order valence-corrected chi connectivity index (χ4v) is 1.59. The number of rotatable bonds is 5. The molecule has 20 heavy (non-hydrogen) atoms. The molecule has 0 aliphatic carbocycles. The van der Waals surface area contributed by atoms with Gasteiger partial charge in [0.1, 0.15) is 5.82 Å². The van der Waals surface area contributed by atoms with Crippen molar-refractivity contribution in [2.24, 2.45) is 0 Å². The predicted octanol–water partition coefficient (Wildman–Crippen LogP) is 2.90. The Labute approximate surface area is 113 Å². The van der Waals surface area contributed by atoms with Crippen LogP contribution in [-0.4, -0.2) is 16.7 Å². The summed E-state index contributed by atoms with van der Waals surface area (Å²) in [6, 6.07) is 0.853. The topological polar surface area (TPSA) is 63.0 Å². The van der Waals surface area contributed by atoms with Crippen LogP contribution in [0.4, 0.5) is 24.9 Å². The van der Waals surface area contributed by atoms with E-state index in [1.807, 2.05) is 13.8 Å². The lowest BCUT2D eigenvalue weighted by Crippen LogP contribution is -2.17. The van der Waals surface area contributed by atoms with Crippen LogP contribution in [0.3, 0.4) is 0 Å². The van der Waals surface area contributed by atoms with Crippen molar-refractivity contribution in [2.75, 3.05) is 11.9 Å². The molecule has 0 bridgehead atoms. The third kappa shape index (κ3) is 3.08. The Morgan fingerprint density at radius 1 is 1.15 bits per heavy atom. The fraction of sp³-hybridized carbons (Fsp3) is 0.333. The van der Waals surface area contributed by atoms with Crippen molar-refractivity contribution in [2.45, 2.75) is 19.9 Å². The summed E-state index contributed by atoms with van der Waals surface area (Å²) in [4.78, 5) is 0. The van der Waals surface area contributed by atoms with Crippen LogP contribution in [0.2, 0.25) is 0 Å². The molecule has 0 amide bonds. The minimum Gasteiger partial charge on any atom is -0.406 e. The van der Waals surface area contributed by atoms with Crippen molar-refractivity contribution in [3.63, 3.8) is 0 Å². The number of nitrogens with zero attached hydrogens (tertiary/aromatic N) is 2. The monoisotopic (exact) mass is 286 g/mol. The van der Waals surface area contributed by atoms with Gasteiger partial charge in [-0.05, 0) is 13.5 Å². The number of halogens is 3. The van der Waals surface area contributed by atoms with Crippen molar-refractivity contribution in [3.8, 4) is 0 Å². The third-order valence-corrected chi connectivity index (χ3v) is 2.57. The molecule has 2 aromatic rings. The predicted molar refractivity (Wildman–Crippen MR) is 66.0 cm³/mol. The first-order chi connectivity index (χ1) is 9.51. The number of benzene rings is 1. The molecule has 0 spiro atoms. The molecule has 0 saturated carbocycles. The second-order valence-electron chi connectivity index (χ2n) is 4.10. The molecule has 1 atom stereocenters. The van der Waals surface area contributed by atoms with Crippen molar-refractivity contribution in [3.05, 3.63) is 35.5 Å². The summed E-state index contributed by atoms with van der Waals surface area (Å²) in [6.45, 7) is 4.45. The maximum absolute atomic E-state index is 13.4. The Balaban J connectivity index is 2.16. The zero-order valence-electron chi connectivity index (χ0n) is 10.9. The molecule has 1 unspecified atom stereocenters. The molecule has 0 aliphatic rings. The molecular weight excluding hydrogens is 273 g/mol. The van der Waals surface area contributed by atoms with Crippen LogP contribution in [0.15, 0.2) is 16.5 Å². The standard InChI is InChI=1S/C12H13F3N4O/c1-3-16-6(2)11-18-19-12(20-11)17-10-5-8(14)7(13)4-9(10)15/h4-6,16H,3H2,1-2H3,(H,17,19). The first kappa shape index (κ1) is 14.3. The fourth-order valence-electron chi connectivity index (χ4n) is 1.59. The summed E-state index contributed by atoms with van der Waals surface area (Å²) in [7, 11) is 0. The Morgan fingerprint density at radius 3 is 2.55 bits per heavy atom. The van der Waals surface area contributed by atoms with Gasteiger partial charge in [-0.25, -0.2) is 13.2 Å². The summed E-state index contributed by atoms with van der Waals surface area (Å²) in [5.41, 5.74) is -0.282. The highest BCUT2D eigenvalue weighted by Gasteiger charge is 2.15. The first-order valence-corrected chi connectivity index (χ1v) is 5.99. The number of hydrogen-bond donors (Lipinski definition) is 2. The maximum Gasteiger partial charge on any atom is 0.320 e. The lowest BCUT2D eigenvalue weighted by atomic mass is 10.3. The van der Waals surface area contributed by atoms with Crippen LogP contribution >= 0.6 is 0 Å². The lowest BCUT2D eigenvalue weighted by molar-refractivity contribution is 0.430. The van der Waals surface area contributed by atoms with Crippen molar-refractivity contribution < 1.29 is 17.6 Å². The van der Waals surface area contributed by atoms with E-state index in [9.17, 15) is 13.2 Å². The van der Waals surface area contributed by atoms with Gasteiger partial charge in [-0.15, -0.1) is 5.10 Å². The third-order valence-electron chi connectivity index (χ3n) is 2.57. The largest absolute Gasteiger partial charge is 0.406 e. The van der Waals surface area contributed by atoms with Crippen molar-refractivity contribution in [1.29, 1.82) is 0 Å². The lowest BCUT2D eigenvalue weighted by Gasteiger charge is -2.06. The molecule has 8 heteroatoms. The van der Waals surface area contributed by atoms with E-state index < -0.39 is 17.5 Å². The quantitative estimate of drug-likeness (QED) is 0.827. The summed E-state index contributed by atoms with van der Waals surface area (Å²) in [6.07, 6.45) is 0. The molecule has 108 valence electrons. The van der Waals surface area contributed by atoms with Crippen LogP contribution < -0.4 is 10.6 Å². The number of hydrogen-bond acceptors (Lipinski definition) is 5. The maximum atomic E-state index is 13.4. The minimum absolute atomic E-state index is 0.102. The zero-order valence-corrected chi connectivity index (χ0v) is 10.9. The van der Waals surface area contributed by atoms with Gasteiger partial charge in [-0.1, -0.05) is 12.0 Å². The number of anilines is 2. The summed E-state index contributed by atoms with van der Waals surface area (Å²) >= 11 is 0. The summed E-state index contributed by atoms with van der Waals surface area (Å²) in [5, 5.41) is 12.9. The SMILES string of the molecule is CCNC(C)c1nnc(Nc2cc(F)c(F)cc2F)o1. The first-order valence-electron chi connectivity index (χ1n) is 5.99. The Kier molecular flexibility index (Phi) is 4.23. The average molecular weight is 286 g/mol. The molecule has 0 saturated heterocycles. The van der Waals surface area contributed by atoms with Gasteiger partial charge in [-0.2, -0.15) is 0 Å². The normalized spacial score (nSPS) is 12.4. The highest BCUT2D eigenvalue weighted by Crippen LogP contribution is 2.23. The van der Waals surface area contributed by atoms with E-state index in [4.69, 9.17) is 4.42 Å². The molecule has 5 nitrogen and oxygen atoms in total. The molecule has 0 aliphatic heterocycles. The van der Waals surface area contributed by atoms with E-state index in [1.165, 1.54) is 0 Å². The smallest absolute Gasteiger partial charge is 0.320 e. The highest BCUT2D eigenvalue weighted by atomic mass is 19.2. The highest BCUT2D eigenvalue weighted by molar-refractivity contribution is 5.52. The molecular formula is C12H13F3N4O. The Morgan fingerprint density at radius 2 is 1.85 bits per heavy atom. The number of nitrogens with one attached hydrogen (secondary N) is 2. The summed E-state index contributed by atoms with van der Waals surface area (Å²) < 4.78 is 44.5. The average Bonchev–Trinajstić information content (AvgIpc) is 2.85. The molecule has 0 fully saturated rings. The van der Waals surface area contributed by atoms with Gasteiger partial charge in [0.05, 0.1) is 11.7 Å². The van der Waals surface area contributed by atoms with E-state index in [-0.39, 0.29) is 17.7 Å². The summed E-state index contributed by atoms with van der Waals surface area (Å²) in [5.74, 6) is -3.09. The van der Waals surface area contributed by atoms with Crippen molar-refractivity contribution >= 4 is 11.7 Å². The minimum atomic E-state index is -1.26. The molecule has 2 rings (SSSR count). The zero-order chi connectivity index (χ0) is 14.7. The van der Waals surface area contributed by atoms with Gasteiger partial charge >= 0.3 is 6.01 Å². The van der Waals surface area contributed by atoms with Gasteiger partial charge in [0, 0.05) is 12.1 Å². The van der Waals surface area contributed by atoms with Gasteiger partial charge < -0.3 is 15.1 Å². The van der Waals surface area contributed by atoms with Crippen LogP contribution in [-0.2, 0) is 0 Å². The second kappa shape index (κ2) is 5.91. The van der Waals surface area contributed by atoms with Crippen LogP contribution in [0.1, 0.15) is 25.8 Å². The van der Waals surface area contributed by atoms with Crippen LogP contribution in [0.5, 0.6) is 0 Å². The Hall–Kier alpha value is -2.09. The van der Waals surface area contributed by atoms with Gasteiger partial charge in [0.15, 0.2) is 11.6 Å². The molecule has 0 radical (unpaired) electrons. The van der Waals surface area contributed by atoms with E-state index in [2.05, 4.69) is 20.8 Å². The van der Waals surface area contributed by atoms with Gasteiger partial charge in [0.25, 0.3) is 0 Å². The van der Waals surface area contributed by atoms with E-state index >= 15 is 0 Å². The second-order valence-corrected chi connectivity index (χ2v) is 4.10. The molecule has 1 aromatic heterocycles. The van der Waals surface area contributed by atoms with Crippen molar-refractivity contribution in [1.82, 2.24) is 15.5 Å². The number of aromatic nitrogens is 2. The van der Waals surface area contributed by atoms with E-state index in [0.29, 0.717) is 24.6 Å². The molecule has 1 heterocycles. The Bertz CT molecular complexity index is 602. The molecule has 1 aromatic carbocycles.